The molecule has 0 aromatic carbocycles. The van der Waals surface area contributed by atoms with E-state index in [4.69, 9.17) is 9.47 Å². The van der Waals surface area contributed by atoms with Gasteiger partial charge in [-0.1, -0.05) is 6.92 Å². The summed E-state index contributed by atoms with van der Waals surface area (Å²) in [6.07, 6.45) is 9.94. The molecule has 4 saturated carbocycles. The van der Waals surface area contributed by atoms with Crippen molar-refractivity contribution in [3.05, 3.63) is 0 Å². The van der Waals surface area contributed by atoms with Crippen molar-refractivity contribution in [2.45, 2.75) is 84.2 Å². The maximum atomic E-state index is 13.4. The molecule has 30 heavy (non-hydrogen) atoms. The molecule has 0 saturated heterocycles. The molecule has 0 N–H and O–H groups in total. The summed E-state index contributed by atoms with van der Waals surface area (Å²) >= 11 is 0. The molecule has 0 radical (unpaired) electrons. The number of fused-ring (bicyclic) bond motifs is 5. The van der Waals surface area contributed by atoms with Crippen LogP contribution in [0.3, 0.4) is 0 Å². The van der Waals surface area contributed by atoms with Crippen LogP contribution in [-0.4, -0.2) is 30.9 Å². The summed E-state index contributed by atoms with van der Waals surface area (Å²) in [5, 5.41) is 0. The number of methoxy groups -OCH3 is 1. The molecule has 0 aliphatic heterocycles. The third-order valence-corrected chi connectivity index (χ3v) is 9.17. The second-order valence-corrected chi connectivity index (χ2v) is 10.6. The Labute approximate surface area is 180 Å². The van der Waals surface area contributed by atoms with Crippen LogP contribution < -0.4 is 0 Å². The Morgan fingerprint density at radius 3 is 2.47 bits per heavy atom. The first-order valence-corrected chi connectivity index (χ1v) is 12.2. The highest BCUT2D eigenvalue weighted by atomic mass is 16.5. The van der Waals surface area contributed by atoms with Crippen LogP contribution in [0.25, 0.3) is 0 Å². The SMILES string of the molecule is COC(=O)CC[C@H](C)[C@@H]1CC[C@@H]2[C@@H]3CC[C@@H]4C[C@H](OC(C)=O)CC[C@@H]4[C@H]3CC(=O)[C@H]21. The van der Waals surface area contributed by atoms with Gasteiger partial charge in [-0.3, -0.25) is 14.4 Å². The minimum absolute atomic E-state index is 0.0823. The number of hydrogen-bond donors (Lipinski definition) is 0. The number of ether oxygens (including phenoxy) is 2. The average molecular weight is 419 g/mol. The highest BCUT2D eigenvalue weighted by Crippen LogP contribution is 2.59. The van der Waals surface area contributed by atoms with Gasteiger partial charge in [0.15, 0.2) is 0 Å². The molecule has 4 rings (SSSR count). The van der Waals surface area contributed by atoms with Crippen molar-refractivity contribution in [2.75, 3.05) is 7.11 Å². The zero-order valence-corrected chi connectivity index (χ0v) is 18.8. The summed E-state index contributed by atoms with van der Waals surface area (Å²) in [5.41, 5.74) is 0. The van der Waals surface area contributed by atoms with E-state index in [9.17, 15) is 14.4 Å². The zero-order valence-electron chi connectivity index (χ0n) is 18.8. The van der Waals surface area contributed by atoms with Gasteiger partial charge in [-0.05, 0) is 92.8 Å². The predicted octanol–water partition coefficient (Wildman–Crippen LogP) is 4.57. The Kier molecular flexibility index (Phi) is 6.55. The van der Waals surface area contributed by atoms with Gasteiger partial charge < -0.3 is 9.47 Å². The number of hydrogen-bond acceptors (Lipinski definition) is 5. The number of esters is 2. The van der Waals surface area contributed by atoms with E-state index >= 15 is 0 Å². The Hall–Kier alpha value is -1.39. The smallest absolute Gasteiger partial charge is 0.305 e. The third kappa shape index (κ3) is 4.18. The Balaban J connectivity index is 1.41. The molecule has 0 unspecified atom stereocenters. The van der Waals surface area contributed by atoms with Crippen LogP contribution in [0.4, 0.5) is 0 Å². The fourth-order valence-corrected chi connectivity index (χ4v) is 7.94. The van der Waals surface area contributed by atoms with Crippen LogP contribution in [0.2, 0.25) is 0 Å². The first-order valence-electron chi connectivity index (χ1n) is 12.2. The van der Waals surface area contributed by atoms with Gasteiger partial charge in [0.2, 0.25) is 0 Å². The Bertz CT molecular complexity index is 672. The van der Waals surface area contributed by atoms with Crippen LogP contribution in [0.15, 0.2) is 0 Å². The number of ketones is 1. The van der Waals surface area contributed by atoms with Crippen molar-refractivity contribution < 1.29 is 23.9 Å². The molecule has 5 nitrogen and oxygen atoms in total. The number of carbonyl (C=O) groups excluding carboxylic acids is 3. The van der Waals surface area contributed by atoms with Crippen molar-refractivity contribution in [3.8, 4) is 0 Å². The topological polar surface area (TPSA) is 69.7 Å². The van der Waals surface area contributed by atoms with Gasteiger partial charge in [-0.25, -0.2) is 0 Å². The van der Waals surface area contributed by atoms with Crippen molar-refractivity contribution in [2.24, 2.45) is 47.3 Å². The minimum Gasteiger partial charge on any atom is -0.469 e. The van der Waals surface area contributed by atoms with Crippen LogP contribution in [0.1, 0.15) is 78.1 Å². The largest absolute Gasteiger partial charge is 0.469 e. The molecule has 0 heterocycles. The summed E-state index contributed by atoms with van der Waals surface area (Å²) < 4.78 is 10.3. The van der Waals surface area contributed by atoms with Crippen molar-refractivity contribution in [1.82, 2.24) is 0 Å². The van der Waals surface area contributed by atoms with Gasteiger partial charge in [0.25, 0.3) is 0 Å². The molecule has 0 aromatic heterocycles. The molecule has 168 valence electrons. The highest BCUT2D eigenvalue weighted by Gasteiger charge is 2.55. The number of Topliss-reactive ketones (excluding diaryl/α,β-unsaturated/α-hetero) is 1. The molecule has 0 bridgehead atoms. The molecule has 5 heteroatoms. The molecular formula is C25H38O5. The lowest BCUT2D eigenvalue weighted by molar-refractivity contribution is -0.152. The summed E-state index contributed by atoms with van der Waals surface area (Å²) in [5.74, 6) is 4.27. The lowest BCUT2D eigenvalue weighted by atomic mass is 9.52. The van der Waals surface area contributed by atoms with Crippen LogP contribution in [0.5, 0.6) is 0 Å². The van der Waals surface area contributed by atoms with Gasteiger partial charge in [0.1, 0.15) is 11.9 Å². The van der Waals surface area contributed by atoms with Crippen molar-refractivity contribution >= 4 is 17.7 Å². The van der Waals surface area contributed by atoms with Gasteiger partial charge in [-0.2, -0.15) is 0 Å². The maximum Gasteiger partial charge on any atom is 0.305 e. The first-order chi connectivity index (χ1) is 14.4. The maximum absolute atomic E-state index is 13.4. The summed E-state index contributed by atoms with van der Waals surface area (Å²) in [4.78, 5) is 36.3. The number of carbonyl (C=O) groups is 3. The van der Waals surface area contributed by atoms with E-state index in [0.29, 0.717) is 53.6 Å². The standard InChI is InChI=1S/C25H38O5/c1-14(4-11-24(28)29-3)18-9-10-21-20-7-5-16-12-17(30-15(2)26)6-8-19(16)22(20)13-23(27)25(18)21/h14,16-22,25H,4-13H2,1-3H3/t14-,16+,17+,18-,19-,20-,21+,22+,25-/m0/s1. The molecule has 0 aromatic rings. The van der Waals surface area contributed by atoms with Gasteiger partial charge in [-0.15, -0.1) is 0 Å². The fraction of sp³-hybridized carbons (Fsp3) is 0.880. The quantitative estimate of drug-likeness (QED) is 0.612. The second kappa shape index (κ2) is 9.00. The molecule has 4 aliphatic rings. The van der Waals surface area contributed by atoms with Gasteiger partial charge >= 0.3 is 11.9 Å². The van der Waals surface area contributed by atoms with E-state index in [0.717, 1.165) is 38.5 Å². The minimum atomic E-state index is -0.166. The van der Waals surface area contributed by atoms with E-state index in [1.54, 1.807) is 0 Å². The number of rotatable bonds is 5. The first kappa shape index (κ1) is 21.8. The van der Waals surface area contributed by atoms with Crippen LogP contribution in [0, 0.1) is 47.3 Å². The Morgan fingerprint density at radius 1 is 1.00 bits per heavy atom. The van der Waals surface area contributed by atoms with Crippen LogP contribution in [-0.2, 0) is 23.9 Å². The highest BCUT2D eigenvalue weighted by molar-refractivity contribution is 5.83. The lowest BCUT2D eigenvalue weighted by Crippen LogP contribution is -2.49. The van der Waals surface area contributed by atoms with Crippen LogP contribution >= 0.6 is 0 Å². The summed E-state index contributed by atoms with van der Waals surface area (Å²) in [6.45, 7) is 3.73. The van der Waals surface area contributed by atoms with E-state index in [1.165, 1.54) is 33.3 Å². The van der Waals surface area contributed by atoms with Gasteiger partial charge in [0.05, 0.1) is 7.11 Å². The second-order valence-electron chi connectivity index (χ2n) is 10.6. The lowest BCUT2D eigenvalue weighted by Gasteiger charge is -2.52. The molecule has 0 amide bonds. The van der Waals surface area contributed by atoms with E-state index in [2.05, 4.69) is 6.92 Å². The summed E-state index contributed by atoms with van der Waals surface area (Å²) in [7, 11) is 1.44. The van der Waals surface area contributed by atoms with Gasteiger partial charge in [0, 0.05) is 25.7 Å². The molecule has 0 spiro atoms. The molecule has 9 atom stereocenters. The fourth-order valence-electron chi connectivity index (χ4n) is 7.94. The molecular weight excluding hydrogens is 380 g/mol. The van der Waals surface area contributed by atoms with E-state index < -0.39 is 0 Å². The van der Waals surface area contributed by atoms with Crippen molar-refractivity contribution in [3.63, 3.8) is 0 Å². The van der Waals surface area contributed by atoms with E-state index in [-0.39, 0.29) is 24.0 Å². The predicted molar refractivity (Wildman–Crippen MR) is 112 cm³/mol. The van der Waals surface area contributed by atoms with Crippen molar-refractivity contribution in [1.29, 1.82) is 0 Å². The van der Waals surface area contributed by atoms with E-state index in [1.807, 2.05) is 0 Å². The third-order valence-electron chi connectivity index (χ3n) is 9.17. The average Bonchev–Trinajstić information content (AvgIpc) is 3.17. The Morgan fingerprint density at radius 2 is 1.73 bits per heavy atom. The monoisotopic (exact) mass is 418 g/mol. The zero-order chi connectivity index (χ0) is 21.4. The summed E-state index contributed by atoms with van der Waals surface area (Å²) in [6, 6.07) is 0. The molecule has 4 aliphatic carbocycles. The normalized spacial score (nSPS) is 41.2. The molecule has 4 fully saturated rings.